The van der Waals surface area contributed by atoms with Crippen LogP contribution in [-0.4, -0.2) is 58.6 Å². The highest BCUT2D eigenvalue weighted by Gasteiger charge is 2.28. The molecule has 104 valence electrons. The zero-order chi connectivity index (χ0) is 13.5. The van der Waals surface area contributed by atoms with Gasteiger partial charge in [0.15, 0.2) is 0 Å². The van der Waals surface area contributed by atoms with Gasteiger partial charge in [-0.15, -0.1) is 0 Å². The van der Waals surface area contributed by atoms with Gasteiger partial charge in [-0.2, -0.15) is 11.8 Å². The molecule has 2 N–H and O–H groups in total. The summed E-state index contributed by atoms with van der Waals surface area (Å²) in [5, 5.41) is 12.0. The number of carbonyl (C=O) groups is 2. The molecule has 0 bridgehead atoms. The van der Waals surface area contributed by atoms with Crippen molar-refractivity contribution >= 4 is 23.6 Å². The van der Waals surface area contributed by atoms with Gasteiger partial charge in [-0.1, -0.05) is 6.92 Å². The molecule has 0 saturated carbocycles. The molecule has 1 rings (SSSR count). The van der Waals surface area contributed by atoms with E-state index in [0.717, 1.165) is 17.9 Å². The smallest absolute Gasteiger partial charge is 0.305 e. The highest BCUT2D eigenvalue weighted by molar-refractivity contribution is 7.99. The van der Waals surface area contributed by atoms with Crippen molar-refractivity contribution < 1.29 is 14.7 Å². The van der Waals surface area contributed by atoms with Gasteiger partial charge in [0.2, 0.25) is 5.91 Å². The number of amides is 1. The highest BCUT2D eigenvalue weighted by Crippen LogP contribution is 2.19. The second-order valence-corrected chi connectivity index (χ2v) is 5.75. The van der Waals surface area contributed by atoms with Crippen LogP contribution in [-0.2, 0) is 9.59 Å². The number of rotatable bonds is 6. The Hall–Kier alpha value is -0.750. The molecular weight excluding hydrogens is 252 g/mol. The second-order valence-electron chi connectivity index (χ2n) is 4.60. The molecule has 1 saturated heterocycles. The average Bonchev–Trinajstić information content (AvgIpc) is 2.35. The van der Waals surface area contributed by atoms with E-state index in [0.29, 0.717) is 19.1 Å². The van der Waals surface area contributed by atoms with Crippen LogP contribution in [0.4, 0.5) is 0 Å². The molecule has 0 radical (unpaired) electrons. The lowest BCUT2D eigenvalue weighted by molar-refractivity contribution is -0.140. The minimum absolute atomic E-state index is 0.0156. The Bertz CT molecular complexity index is 299. The van der Waals surface area contributed by atoms with E-state index in [1.54, 1.807) is 16.7 Å². The summed E-state index contributed by atoms with van der Waals surface area (Å²) in [6.45, 7) is 5.06. The average molecular weight is 274 g/mol. The van der Waals surface area contributed by atoms with Crippen molar-refractivity contribution in [3.05, 3.63) is 0 Å². The van der Waals surface area contributed by atoms with Gasteiger partial charge in [-0.3, -0.25) is 9.59 Å². The summed E-state index contributed by atoms with van der Waals surface area (Å²) < 4.78 is 0. The Labute approximate surface area is 112 Å². The molecule has 1 amide bonds. The molecule has 0 spiro atoms. The molecule has 6 heteroatoms. The van der Waals surface area contributed by atoms with E-state index in [2.05, 4.69) is 12.2 Å². The van der Waals surface area contributed by atoms with Crippen LogP contribution in [0.1, 0.15) is 26.7 Å². The normalized spacial score (nSPS) is 21.7. The van der Waals surface area contributed by atoms with Crippen LogP contribution < -0.4 is 5.32 Å². The summed E-state index contributed by atoms with van der Waals surface area (Å²) in [4.78, 5) is 24.6. The standard InChI is InChI=1S/C12H22N2O3S/c1-3-9(2)13-7-11(15)14-4-5-18-8-10(14)6-12(16)17/h9-10,13H,3-8H2,1-2H3,(H,16,17). The van der Waals surface area contributed by atoms with Crippen molar-refractivity contribution in [3.63, 3.8) is 0 Å². The molecule has 1 aliphatic rings. The van der Waals surface area contributed by atoms with Crippen LogP contribution >= 0.6 is 11.8 Å². The fourth-order valence-corrected chi connectivity index (χ4v) is 2.92. The summed E-state index contributed by atoms with van der Waals surface area (Å²) >= 11 is 1.72. The van der Waals surface area contributed by atoms with Crippen molar-refractivity contribution in [2.24, 2.45) is 0 Å². The van der Waals surface area contributed by atoms with E-state index in [1.807, 2.05) is 6.92 Å². The number of nitrogens with zero attached hydrogens (tertiary/aromatic N) is 1. The highest BCUT2D eigenvalue weighted by atomic mass is 32.2. The molecule has 5 nitrogen and oxygen atoms in total. The topological polar surface area (TPSA) is 69.6 Å². The number of carbonyl (C=O) groups excluding carboxylic acids is 1. The Morgan fingerprint density at radius 3 is 2.89 bits per heavy atom. The molecule has 2 atom stereocenters. The first kappa shape index (κ1) is 15.3. The summed E-state index contributed by atoms with van der Waals surface area (Å²) in [5.74, 6) is 0.795. The lowest BCUT2D eigenvalue weighted by Gasteiger charge is -2.35. The van der Waals surface area contributed by atoms with Gasteiger partial charge in [0.25, 0.3) is 0 Å². The maximum Gasteiger partial charge on any atom is 0.305 e. The van der Waals surface area contributed by atoms with E-state index >= 15 is 0 Å². The third-order valence-electron chi connectivity index (χ3n) is 3.17. The third-order valence-corrected chi connectivity index (χ3v) is 4.26. The number of carboxylic acids is 1. The van der Waals surface area contributed by atoms with Crippen LogP contribution in [0.3, 0.4) is 0 Å². The zero-order valence-electron chi connectivity index (χ0n) is 11.0. The SMILES string of the molecule is CCC(C)NCC(=O)N1CCSCC1CC(=O)O. The zero-order valence-corrected chi connectivity index (χ0v) is 11.8. The van der Waals surface area contributed by atoms with Crippen LogP contribution in [0.25, 0.3) is 0 Å². The molecule has 0 aromatic carbocycles. The Morgan fingerprint density at radius 1 is 1.56 bits per heavy atom. The minimum Gasteiger partial charge on any atom is -0.481 e. The monoisotopic (exact) mass is 274 g/mol. The molecular formula is C12H22N2O3S. The molecule has 1 fully saturated rings. The lowest BCUT2D eigenvalue weighted by Crippen LogP contribution is -2.50. The van der Waals surface area contributed by atoms with Crippen LogP contribution in [0.5, 0.6) is 0 Å². The van der Waals surface area contributed by atoms with Crippen molar-refractivity contribution in [1.29, 1.82) is 0 Å². The first-order valence-electron chi connectivity index (χ1n) is 6.37. The largest absolute Gasteiger partial charge is 0.481 e. The van der Waals surface area contributed by atoms with Crippen LogP contribution in [0.2, 0.25) is 0 Å². The maximum absolute atomic E-state index is 12.1. The van der Waals surface area contributed by atoms with Gasteiger partial charge >= 0.3 is 5.97 Å². The molecule has 2 unspecified atom stereocenters. The number of aliphatic carboxylic acids is 1. The number of hydrogen-bond acceptors (Lipinski definition) is 4. The van der Waals surface area contributed by atoms with Crippen molar-refractivity contribution in [2.75, 3.05) is 24.6 Å². The molecule has 18 heavy (non-hydrogen) atoms. The molecule has 1 heterocycles. The van der Waals surface area contributed by atoms with E-state index in [9.17, 15) is 9.59 Å². The fourth-order valence-electron chi connectivity index (χ4n) is 1.86. The van der Waals surface area contributed by atoms with Gasteiger partial charge in [0.1, 0.15) is 0 Å². The predicted molar refractivity (Wildman–Crippen MR) is 72.8 cm³/mol. The number of thioether (sulfide) groups is 1. The quantitative estimate of drug-likeness (QED) is 0.749. The summed E-state index contributed by atoms with van der Waals surface area (Å²) in [7, 11) is 0. The van der Waals surface area contributed by atoms with Gasteiger partial charge in [0, 0.05) is 24.1 Å². The van der Waals surface area contributed by atoms with Crippen molar-refractivity contribution in [3.8, 4) is 0 Å². The molecule has 0 aliphatic carbocycles. The fraction of sp³-hybridized carbons (Fsp3) is 0.833. The summed E-state index contributed by atoms with van der Waals surface area (Å²) in [6, 6.07) is 0.151. The van der Waals surface area contributed by atoms with Gasteiger partial charge < -0.3 is 15.3 Å². The Balaban J connectivity index is 2.49. The predicted octanol–water partition coefficient (Wildman–Crippen LogP) is 0.793. The lowest BCUT2D eigenvalue weighted by atomic mass is 10.2. The van der Waals surface area contributed by atoms with Crippen LogP contribution in [0, 0.1) is 0 Å². The van der Waals surface area contributed by atoms with E-state index in [4.69, 9.17) is 5.11 Å². The van der Waals surface area contributed by atoms with E-state index in [1.165, 1.54) is 0 Å². The van der Waals surface area contributed by atoms with E-state index in [-0.39, 0.29) is 18.4 Å². The maximum atomic E-state index is 12.1. The van der Waals surface area contributed by atoms with Gasteiger partial charge in [0.05, 0.1) is 19.0 Å². The van der Waals surface area contributed by atoms with Crippen molar-refractivity contribution in [2.45, 2.75) is 38.8 Å². The summed E-state index contributed by atoms with van der Waals surface area (Å²) in [6.07, 6.45) is 1.02. The first-order valence-corrected chi connectivity index (χ1v) is 7.52. The first-order chi connectivity index (χ1) is 8.54. The molecule has 0 aromatic rings. The molecule has 1 aliphatic heterocycles. The summed E-state index contributed by atoms with van der Waals surface area (Å²) in [5.41, 5.74) is 0. The van der Waals surface area contributed by atoms with Gasteiger partial charge in [-0.25, -0.2) is 0 Å². The number of nitrogens with one attached hydrogen (secondary N) is 1. The minimum atomic E-state index is -0.838. The second kappa shape index (κ2) is 7.63. The molecule has 0 aromatic heterocycles. The van der Waals surface area contributed by atoms with Crippen LogP contribution in [0.15, 0.2) is 0 Å². The van der Waals surface area contributed by atoms with Crippen molar-refractivity contribution in [1.82, 2.24) is 10.2 Å². The van der Waals surface area contributed by atoms with E-state index < -0.39 is 5.97 Å². The third kappa shape index (κ3) is 4.86. The Morgan fingerprint density at radius 2 is 2.28 bits per heavy atom. The van der Waals surface area contributed by atoms with Gasteiger partial charge in [-0.05, 0) is 13.3 Å². The number of carboxylic acid groups (broad SMARTS) is 1. The Kier molecular flexibility index (Phi) is 6.49. The number of hydrogen-bond donors (Lipinski definition) is 2.